The summed E-state index contributed by atoms with van der Waals surface area (Å²) in [7, 11) is 0. The van der Waals surface area contributed by atoms with Gasteiger partial charge in [-0.15, -0.1) is 0 Å². The molecule has 0 atom stereocenters. The average Bonchev–Trinajstić information content (AvgIpc) is 2.51. The zero-order chi connectivity index (χ0) is 15.9. The molecule has 4 nitrogen and oxygen atoms in total. The number of amides is 1. The van der Waals surface area contributed by atoms with E-state index in [9.17, 15) is 9.59 Å². The van der Waals surface area contributed by atoms with Crippen molar-refractivity contribution in [3.05, 3.63) is 64.1 Å². The van der Waals surface area contributed by atoms with Gasteiger partial charge in [0.1, 0.15) is 5.75 Å². The maximum atomic E-state index is 11.7. The molecule has 114 valence electrons. The van der Waals surface area contributed by atoms with Crippen molar-refractivity contribution in [1.29, 1.82) is 0 Å². The van der Waals surface area contributed by atoms with Gasteiger partial charge in [0.25, 0.3) is 5.91 Å². The lowest BCUT2D eigenvalue weighted by molar-refractivity contribution is -0.123. The molecule has 0 aliphatic heterocycles. The molecule has 0 fully saturated rings. The Kier molecular flexibility index (Phi) is 5.72. The molecule has 2 aromatic carbocycles. The number of ether oxygens (including phenoxy) is 1. The molecule has 1 N–H and O–H groups in total. The standard InChI is InChI=1S/C17H16BrNO3/c1-12(20)14-5-7-16(8-6-14)22-11-17(21)19-10-13-3-2-4-15(18)9-13/h2-9H,10-11H2,1H3,(H,19,21). The van der Waals surface area contributed by atoms with Crippen LogP contribution in [0.3, 0.4) is 0 Å². The second-order valence-electron chi connectivity index (χ2n) is 4.78. The van der Waals surface area contributed by atoms with Crippen molar-refractivity contribution < 1.29 is 14.3 Å². The van der Waals surface area contributed by atoms with Crippen LogP contribution < -0.4 is 10.1 Å². The highest BCUT2D eigenvalue weighted by molar-refractivity contribution is 9.10. The number of Topliss-reactive ketones (excluding diaryl/α,β-unsaturated/α-hetero) is 1. The minimum Gasteiger partial charge on any atom is -0.484 e. The van der Waals surface area contributed by atoms with E-state index in [2.05, 4.69) is 21.2 Å². The fourth-order valence-electron chi connectivity index (χ4n) is 1.83. The molecule has 0 spiro atoms. The molecule has 0 unspecified atom stereocenters. The highest BCUT2D eigenvalue weighted by Gasteiger charge is 2.04. The first kappa shape index (κ1) is 16.2. The summed E-state index contributed by atoms with van der Waals surface area (Å²) < 4.78 is 6.36. The predicted molar refractivity (Wildman–Crippen MR) is 87.9 cm³/mol. The fraction of sp³-hybridized carbons (Fsp3) is 0.176. The van der Waals surface area contributed by atoms with Gasteiger partial charge in [-0.2, -0.15) is 0 Å². The predicted octanol–water partition coefficient (Wildman–Crippen LogP) is 3.35. The highest BCUT2D eigenvalue weighted by atomic mass is 79.9. The minimum atomic E-state index is -0.199. The molecule has 0 aromatic heterocycles. The van der Waals surface area contributed by atoms with Gasteiger partial charge in [-0.05, 0) is 48.9 Å². The summed E-state index contributed by atoms with van der Waals surface area (Å²) in [6.45, 7) is 1.89. The van der Waals surface area contributed by atoms with Crippen LogP contribution in [0.4, 0.5) is 0 Å². The number of carbonyl (C=O) groups is 2. The first-order valence-electron chi connectivity index (χ1n) is 6.79. The van der Waals surface area contributed by atoms with Gasteiger partial charge in [0.15, 0.2) is 12.4 Å². The van der Waals surface area contributed by atoms with E-state index in [0.29, 0.717) is 17.9 Å². The Morgan fingerprint density at radius 1 is 1.14 bits per heavy atom. The van der Waals surface area contributed by atoms with Gasteiger partial charge >= 0.3 is 0 Å². The summed E-state index contributed by atoms with van der Waals surface area (Å²) in [5.41, 5.74) is 1.62. The monoisotopic (exact) mass is 361 g/mol. The molecule has 0 aliphatic rings. The summed E-state index contributed by atoms with van der Waals surface area (Å²) in [6, 6.07) is 14.4. The lowest BCUT2D eigenvalue weighted by Gasteiger charge is -2.08. The van der Waals surface area contributed by atoms with Crippen molar-refractivity contribution in [3.63, 3.8) is 0 Å². The van der Waals surface area contributed by atoms with Crippen LogP contribution >= 0.6 is 15.9 Å². The van der Waals surface area contributed by atoms with E-state index in [1.54, 1.807) is 24.3 Å². The zero-order valence-corrected chi connectivity index (χ0v) is 13.7. The molecular weight excluding hydrogens is 346 g/mol. The van der Waals surface area contributed by atoms with Crippen molar-refractivity contribution in [3.8, 4) is 5.75 Å². The number of rotatable bonds is 6. The van der Waals surface area contributed by atoms with Crippen molar-refractivity contribution >= 4 is 27.6 Å². The second-order valence-corrected chi connectivity index (χ2v) is 5.69. The second kappa shape index (κ2) is 7.75. The lowest BCUT2D eigenvalue weighted by Crippen LogP contribution is -2.28. The van der Waals surface area contributed by atoms with Gasteiger partial charge in [-0.25, -0.2) is 0 Å². The Bertz CT molecular complexity index is 668. The van der Waals surface area contributed by atoms with E-state index in [1.807, 2.05) is 24.3 Å². The number of hydrogen-bond donors (Lipinski definition) is 1. The maximum Gasteiger partial charge on any atom is 0.258 e. The molecule has 0 radical (unpaired) electrons. The Morgan fingerprint density at radius 2 is 1.86 bits per heavy atom. The van der Waals surface area contributed by atoms with Crippen molar-refractivity contribution in [2.45, 2.75) is 13.5 Å². The van der Waals surface area contributed by atoms with E-state index in [1.165, 1.54) is 6.92 Å². The minimum absolute atomic E-state index is 0.00156. The van der Waals surface area contributed by atoms with Crippen LogP contribution in [-0.4, -0.2) is 18.3 Å². The molecule has 22 heavy (non-hydrogen) atoms. The molecule has 0 heterocycles. The van der Waals surface area contributed by atoms with Gasteiger partial charge in [0, 0.05) is 16.6 Å². The van der Waals surface area contributed by atoms with E-state index in [0.717, 1.165) is 10.0 Å². The molecule has 0 saturated carbocycles. The zero-order valence-electron chi connectivity index (χ0n) is 12.1. The van der Waals surface area contributed by atoms with Gasteiger partial charge in [-0.3, -0.25) is 9.59 Å². The van der Waals surface area contributed by atoms with Gasteiger partial charge in [0.05, 0.1) is 0 Å². The third-order valence-corrected chi connectivity index (χ3v) is 3.50. The van der Waals surface area contributed by atoms with Crippen molar-refractivity contribution in [2.24, 2.45) is 0 Å². The van der Waals surface area contributed by atoms with Crippen LogP contribution in [0.2, 0.25) is 0 Å². The molecule has 0 bridgehead atoms. The van der Waals surface area contributed by atoms with Crippen LogP contribution in [-0.2, 0) is 11.3 Å². The Labute approximate surface area is 137 Å². The number of carbonyl (C=O) groups excluding carboxylic acids is 2. The summed E-state index contributed by atoms with van der Waals surface area (Å²) >= 11 is 3.39. The fourth-order valence-corrected chi connectivity index (χ4v) is 2.28. The van der Waals surface area contributed by atoms with Crippen LogP contribution in [0.25, 0.3) is 0 Å². The van der Waals surface area contributed by atoms with E-state index in [-0.39, 0.29) is 18.3 Å². The highest BCUT2D eigenvalue weighted by Crippen LogP contribution is 2.13. The van der Waals surface area contributed by atoms with Gasteiger partial charge in [0.2, 0.25) is 0 Å². The molecule has 0 aliphatic carbocycles. The van der Waals surface area contributed by atoms with Crippen LogP contribution in [0, 0.1) is 0 Å². The third kappa shape index (κ3) is 5.00. The smallest absolute Gasteiger partial charge is 0.258 e. The number of hydrogen-bond acceptors (Lipinski definition) is 3. The van der Waals surface area contributed by atoms with E-state index < -0.39 is 0 Å². The average molecular weight is 362 g/mol. The topological polar surface area (TPSA) is 55.4 Å². The molecular formula is C17H16BrNO3. The first-order valence-corrected chi connectivity index (χ1v) is 7.59. The SMILES string of the molecule is CC(=O)c1ccc(OCC(=O)NCc2cccc(Br)c2)cc1. The van der Waals surface area contributed by atoms with E-state index in [4.69, 9.17) is 4.74 Å². The Morgan fingerprint density at radius 3 is 2.50 bits per heavy atom. The molecule has 0 saturated heterocycles. The quantitative estimate of drug-likeness (QED) is 0.802. The van der Waals surface area contributed by atoms with Crippen LogP contribution in [0.15, 0.2) is 53.0 Å². The third-order valence-electron chi connectivity index (χ3n) is 3.01. The Balaban J connectivity index is 1.79. The first-order chi connectivity index (χ1) is 10.5. The van der Waals surface area contributed by atoms with Crippen molar-refractivity contribution in [1.82, 2.24) is 5.32 Å². The molecule has 5 heteroatoms. The lowest BCUT2D eigenvalue weighted by atomic mass is 10.1. The largest absolute Gasteiger partial charge is 0.484 e. The van der Waals surface area contributed by atoms with Crippen LogP contribution in [0.1, 0.15) is 22.8 Å². The normalized spacial score (nSPS) is 10.1. The molecule has 1 amide bonds. The summed E-state index contributed by atoms with van der Waals surface area (Å²) in [5, 5.41) is 2.79. The van der Waals surface area contributed by atoms with Gasteiger partial charge in [-0.1, -0.05) is 28.1 Å². The summed E-state index contributed by atoms with van der Waals surface area (Å²) in [6.07, 6.45) is 0. The summed E-state index contributed by atoms with van der Waals surface area (Å²) in [4.78, 5) is 22.9. The van der Waals surface area contributed by atoms with Crippen LogP contribution in [0.5, 0.6) is 5.75 Å². The molecule has 2 aromatic rings. The number of halogens is 1. The summed E-state index contributed by atoms with van der Waals surface area (Å²) in [5.74, 6) is 0.358. The Hall–Kier alpha value is -2.14. The molecule has 2 rings (SSSR count). The van der Waals surface area contributed by atoms with E-state index >= 15 is 0 Å². The maximum absolute atomic E-state index is 11.7. The van der Waals surface area contributed by atoms with Gasteiger partial charge < -0.3 is 10.1 Å². The van der Waals surface area contributed by atoms with Crippen molar-refractivity contribution in [2.75, 3.05) is 6.61 Å². The number of nitrogens with one attached hydrogen (secondary N) is 1. The number of benzene rings is 2. The number of ketones is 1.